The van der Waals surface area contributed by atoms with Crippen LogP contribution in [0.1, 0.15) is 26.2 Å². The van der Waals surface area contributed by atoms with E-state index in [1.165, 1.54) is 12.8 Å². The molecule has 0 saturated carbocycles. The van der Waals surface area contributed by atoms with Crippen molar-refractivity contribution in [3.05, 3.63) is 12.2 Å². The van der Waals surface area contributed by atoms with Crippen molar-refractivity contribution in [3.8, 4) is 0 Å². The second-order valence-electron chi connectivity index (χ2n) is 4.16. The highest BCUT2D eigenvalue weighted by Gasteiger charge is 2.30. The predicted octanol–water partition coefficient (Wildman–Crippen LogP) is 1.62. The van der Waals surface area contributed by atoms with Gasteiger partial charge in [0.15, 0.2) is 5.78 Å². The minimum absolute atomic E-state index is 0.103. The number of hydrogen-bond acceptors (Lipinski definition) is 2. The number of allylic oxidation sites excluding steroid dienone is 1. The van der Waals surface area contributed by atoms with Crippen molar-refractivity contribution in [1.29, 1.82) is 0 Å². The number of nitrogens with zero attached hydrogens (tertiary/aromatic N) is 1. The Bertz CT molecular complexity index is 228. The molecule has 1 aliphatic carbocycles. The number of rotatable bonds is 1. The SMILES string of the molecule is CC1CC=CC(N2CCCC2)C1=O. The fourth-order valence-corrected chi connectivity index (χ4v) is 2.24. The summed E-state index contributed by atoms with van der Waals surface area (Å²) in [6.07, 6.45) is 7.70. The molecule has 13 heavy (non-hydrogen) atoms. The molecule has 0 aromatic heterocycles. The minimum Gasteiger partial charge on any atom is -0.297 e. The summed E-state index contributed by atoms with van der Waals surface area (Å²) in [7, 11) is 0. The molecule has 2 heteroatoms. The molecule has 0 amide bonds. The molecule has 0 aromatic rings. The Morgan fingerprint density at radius 3 is 2.77 bits per heavy atom. The number of carbonyl (C=O) groups is 1. The first-order valence-corrected chi connectivity index (χ1v) is 5.23. The monoisotopic (exact) mass is 179 g/mol. The molecule has 2 nitrogen and oxygen atoms in total. The van der Waals surface area contributed by atoms with E-state index in [2.05, 4.69) is 17.1 Å². The molecule has 0 bridgehead atoms. The highest BCUT2D eigenvalue weighted by molar-refractivity contribution is 5.89. The molecular weight excluding hydrogens is 162 g/mol. The molecule has 0 radical (unpaired) electrons. The van der Waals surface area contributed by atoms with Crippen molar-refractivity contribution in [2.24, 2.45) is 5.92 Å². The molecule has 72 valence electrons. The maximum atomic E-state index is 11.8. The van der Waals surface area contributed by atoms with E-state index in [1.54, 1.807) is 0 Å². The van der Waals surface area contributed by atoms with Crippen LogP contribution in [0.3, 0.4) is 0 Å². The van der Waals surface area contributed by atoms with E-state index in [9.17, 15) is 4.79 Å². The number of ketones is 1. The molecule has 1 aliphatic heterocycles. The zero-order valence-electron chi connectivity index (χ0n) is 8.20. The van der Waals surface area contributed by atoms with Gasteiger partial charge in [0.2, 0.25) is 0 Å². The average molecular weight is 179 g/mol. The zero-order valence-corrected chi connectivity index (χ0v) is 8.20. The molecule has 1 heterocycles. The summed E-state index contributed by atoms with van der Waals surface area (Å²) in [6, 6.07) is 0.103. The summed E-state index contributed by atoms with van der Waals surface area (Å²) in [4.78, 5) is 14.1. The van der Waals surface area contributed by atoms with Crippen molar-refractivity contribution < 1.29 is 4.79 Å². The second kappa shape index (κ2) is 3.62. The summed E-state index contributed by atoms with van der Waals surface area (Å²) < 4.78 is 0. The fraction of sp³-hybridized carbons (Fsp3) is 0.727. The summed E-state index contributed by atoms with van der Waals surface area (Å²) in [5.41, 5.74) is 0. The molecule has 1 fully saturated rings. The highest BCUT2D eigenvalue weighted by Crippen LogP contribution is 2.21. The number of Topliss-reactive ketones (excluding diaryl/α,β-unsaturated/α-hetero) is 1. The van der Waals surface area contributed by atoms with Crippen molar-refractivity contribution >= 4 is 5.78 Å². The summed E-state index contributed by atoms with van der Waals surface area (Å²) in [5, 5.41) is 0. The van der Waals surface area contributed by atoms with Crippen LogP contribution in [-0.4, -0.2) is 29.8 Å². The Hall–Kier alpha value is -0.630. The molecule has 2 unspecified atom stereocenters. The maximum absolute atomic E-state index is 11.8. The van der Waals surface area contributed by atoms with Crippen LogP contribution in [-0.2, 0) is 4.79 Å². The Balaban J connectivity index is 2.08. The van der Waals surface area contributed by atoms with Crippen LogP contribution >= 0.6 is 0 Å². The Morgan fingerprint density at radius 2 is 2.08 bits per heavy atom. The Kier molecular flexibility index (Phi) is 2.49. The molecule has 2 rings (SSSR count). The van der Waals surface area contributed by atoms with Crippen LogP contribution in [0.2, 0.25) is 0 Å². The van der Waals surface area contributed by atoms with Crippen LogP contribution in [0, 0.1) is 5.92 Å². The molecule has 1 saturated heterocycles. The molecular formula is C11H17NO. The number of carbonyl (C=O) groups excluding carboxylic acids is 1. The third kappa shape index (κ3) is 1.68. The van der Waals surface area contributed by atoms with Gasteiger partial charge in [-0.05, 0) is 32.4 Å². The van der Waals surface area contributed by atoms with E-state index >= 15 is 0 Å². The van der Waals surface area contributed by atoms with Crippen molar-refractivity contribution in [2.75, 3.05) is 13.1 Å². The smallest absolute Gasteiger partial charge is 0.156 e. The summed E-state index contributed by atoms with van der Waals surface area (Å²) in [5.74, 6) is 0.653. The standard InChI is InChI=1S/C11H17NO/c1-9-5-4-6-10(11(9)13)12-7-2-3-8-12/h4,6,9-10H,2-3,5,7-8H2,1H3. The van der Waals surface area contributed by atoms with Gasteiger partial charge in [0.1, 0.15) is 0 Å². The number of hydrogen-bond donors (Lipinski definition) is 0. The third-order valence-electron chi connectivity index (χ3n) is 3.12. The van der Waals surface area contributed by atoms with Gasteiger partial charge in [-0.1, -0.05) is 19.1 Å². The first kappa shape index (κ1) is 8.95. The predicted molar refractivity (Wildman–Crippen MR) is 52.5 cm³/mol. The lowest BCUT2D eigenvalue weighted by Crippen LogP contribution is -2.41. The van der Waals surface area contributed by atoms with Crippen LogP contribution in [0.15, 0.2) is 12.2 Å². The molecule has 0 aromatic carbocycles. The second-order valence-corrected chi connectivity index (χ2v) is 4.16. The molecule has 2 aliphatic rings. The summed E-state index contributed by atoms with van der Waals surface area (Å²) >= 11 is 0. The van der Waals surface area contributed by atoms with E-state index < -0.39 is 0 Å². The van der Waals surface area contributed by atoms with Gasteiger partial charge in [0, 0.05) is 5.92 Å². The van der Waals surface area contributed by atoms with E-state index in [0.717, 1.165) is 19.5 Å². The van der Waals surface area contributed by atoms with Crippen molar-refractivity contribution in [3.63, 3.8) is 0 Å². The van der Waals surface area contributed by atoms with Gasteiger partial charge in [-0.3, -0.25) is 9.69 Å². The quantitative estimate of drug-likeness (QED) is 0.570. The average Bonchev–Trinajstić information content (AvgIpc) is 2.62. The van der Waals surface area contributed by atoms with Gasteiger partial charge in [-0.25, -0.2) is 0 Å². The van der Waals surface area contributed by atoms with E-state index in [4.69, 9.17) is 0 Å². The van der Waals surface area contributed by atoms with Crippen LogP contribution in [0.4, 0.5) is 0 Å². The zero-order chi connectivity index (χ0) is 9.26. The van der Waals surface area contributed by atoms with Gasteiger partial charge >= 0.3 is 0 Å². The van der Waals surface area contributed by atoms with E-state index in [-0.39, 0.29) is 12.0 Å². The molecule has 2 atom stereocenters. The largest absolute Gasteiger partial charge is 0.297 e. The van der Waals surface area contributed by atoms with Gasteiger partial charge in [0.05, 0.1) is 6.04 Å². The number of likely N-dealkylation sites (tertiary alicyclic amines) is 1. The lowest BCUT2D eigenvalue weighted by molar-refractivity contribution is -0.126. The van der Waals surface area contributed by atoms with Crippen LogP contribution in [0.5, 0.6) is 0 Å². The highest BCUT2D eigenvalue weighted by atomic mass is 16.1. The normalized spacial score (nSPS) is 35.6. The van der Waals surface area contributed by atoms with E-state index in [1.807, 2.05) is 6.92 Å². The minimum atomic E-state index is 0.103. The van der Waals surface area contributed by atoms with Crippen molar-refractivity contribution in [2.45, 2.75) is 32.2 Å². The van der Waals surface area contributed by atoms with Gasteiger partial charge < -0.3 is 0 Å². The van der Waals surface area contributed by atoms with E-state index in [0.29, 0.717) is 5.78 Å². The van der Waals surface area contributed by atoms with Gasteiger partial charge in [0.25, 0.3) is 0 Å². The Morgan fingerprint density at radius 1 is 1.38 bits per heavy atom. The third-order valence-corrected chi connectivity index (χ3v) is 3.12. The lowest BCUT2D eigenvalue weighted by Gasteiger charge is -2.28. The van der Waals surface area contributed by atoms with Crippen molar-refractivity contribution in [1.82, 2.24) is 4.90 Å². The first-order chi connectivity index (χ1) is 6.29. The molecule has 0 N–H and O–H groups in total. The maximum Gasteiger partial charge on any atom is 0.156 e. The van der Waals surface area contributed by atoms with Gasteiger partial charge in [-0.15, -0.1) is 0 Å². The summed E-state index contributed by atoms with van der Waals surface area (Å²) in [6.45, 7) is 4.25. The lowest BCUT2D eigenvalue weighted by atomic mass is 9.90. The van der Waals surface area contributed by atoms with Crippen LogP contribution in [0.25, 0.3) is 0 Å². The first-order valence-electron chi connectivity index (χ1n) is 5.23. The topological polar surface area (TPSA) is 20.3 Å². The van der Waals surface area contributed by atoms with Crippen LogP contribution < -0.4 is 0 Å². The molecule has 0 spiro atoms. The Labute approximate surface area is 79.6 Å². The fourth-order valence-electron chi connectivity index (χ4n) is 2.24. The van der Waals surface area contributed by atoms with Gasteiger partial charge in [-0.2, -0.15) is 0 Å².